The molecule has 132 valence electrons. The summed E-state index contributed by atoms with van der Waals surface area (Å²) in [6.07, 6.45) is 0. The Hall–Kier alpha value is -2.41. The van der Waals surface area contributed by atoms with E-state index in [1.54, 1.807) is 11.3 Å². The van der Waals surface area contributed by atoms with Crippen molar-refractivity contribution in [2.45, 2.75) is 26.2 Å². The van der Waals surface area contributed by atoms with Crippen molar-refractivity contribution in [3.63, 3.8) is 0 Å². The number of hydrogen-bond acceptors (Lipinski definition) is 5. The summed E-state index contributed by atoms with van der Waals surface area (Å²) < 4.78 is 5.49. The van der Waals surface area contributed by atoms with Crippen LogP contribution in [0.2, 0.25) is 0 Å². The number of hydrogen-bond donors (Lipinski definition) is 1. The maximum atomic E-state index is 11.9. The summed E-state index contributed by atoms with van der Waals surface area (Å²) in [5.74, 6) is 0.248. The van der Waals surface area contributed by atoms with Gasteiger partial charge in [-0.1, -0.05) is 20.8 Å². The molecule has 0 radical (unpaired) electrons. The maximum absolute atomic E-state index is 11.9. The smallest absolute Gasteiger partial charge is 0.324 e. The molecule has 3 rings (SSSR count). The molecule has 1 aromatic carbocycles. The van der Waals surface area contributed by atoms with Crippen molar-refractivity contribution in [3.8, 4) is 16.3 Å². The first-order valence-corrected chi connectivity index (χ1v) is 9.00. The Bertz CT molecular complexity index is 778. The van der Waals surface area contributed by atoms with E-state index in [2.05, 4.69) is 36.5 Å². The number of benzene rings is 1. The predicted octanol–water partition coefficient (Wildman–Crippen LogP) is 3.04. The molecule has 1 aromatic heterocycles. The van der Waals surface area contributed by atoms with Gasteiger partial charge < -0.3 is 10.1 Å². The average Bonchev–Trinajstić information content (AvgIpc) is 3.22. The van der Waals surface area contributed by atoms with Gasteiger partial charge in [0.2, 0.25) is 0 Å². The molecule has 1 aliphatic rings. The van der Waals surface area contributed by atoms with Gasteiger partial charge in [0.1, 0.15) is 10.8 Å². The van der Waals surface area contributed by atoms with Crippen LogP contribution in [0, 0.1) is 0 Å². The highest BCUT2D eigenvalue weighted by atomic mass is 32.1. The van der Waals surface area contributed by atoms with Crippen molar-refractivity contribution >= 4 is 23.3 Å². The molecule has 0 spiro atoms. The molecule has 6 nitrogen and oxygen atoms in total. The summed E-state index contributed by atoms with van der Waals surface area (Å²) in [6.45, 7) is 7.14. The van der Waals surface area contributed by atoms with Crippen LogP contribution in [-0.2, 0) is 10.2 Å². The molecule has 0 aliphatic carbocycles. The highest BCUT2D eigenvalue weighted by Crippen LogP contribution is 2.30. The van der Waals surface area contributed by atoms with Gasteiger partial charge in [0.15, 0.2) is 6.61 Å². The molecule has 7 heteroatoms. The van der Waals surface area contributed by atoms with E-state index in [9.17, 15) is 9.59 Å². The Morgan fingerprint density at radius 3 is 2.60 bits per heavy atom. The second-order valence-corrected chi connectivity index (χ2v) is 7.74. The average molecular weight is 359 g/mol. The Morgan fingerprint density at radius 2 is 2.04 bits per heavy atom. The third-order valence-electron chi connectivity index (χ3n) is 3.89. The van der Waals surface area contributed by atoms with Crippen LogP contribution in [0.1, 0.15) is 26.5 Å². The fourth-order valence-electron chi connectivity index (χ4n) is 2.38. The maximum Gasteiger partial charge on any atom is 0.324 e. The van der Waals surface area contributed by atoms with Crippen LogP contribution in [0.25, 0.3) is 10.6 Å². The lowest BCUT2D eigenvalue weighted by Crippen LogP contribution is -2.37. The lowest BCUT2D eigenvalue weighted by atomic mass is 9.93. The van der Waals surface area contributed by atoms with E-state index >= 15 is 0 Å². The van der Waals surface area contributed by atoms with Crippen molar-refractivity contribution in [3.05, 3.63) is 35.3 Å². The van der Waals surface area contributed by atoms with Crippen LogP contribution >= 0.6 is 11.3 Å². The fraction of sp³-hybridized carbons (Fsp3) is 0.389. The summed E-state index contributed by atoms with van der Waals surface area (Å²) in [7, 11) is 0. The van der Waals surface area contributed by atoms with Crippen LogP contribution in [0.3, 0.4) is 0 Å². The Morgan fingerprint density at radius 1 is 1.32 bits per heavy atom. The summed E-state index contributed by atoms with van der Waals surface area (Å²) in [6, 6.07) is 7.11. The van der Waals surface area contributed by atoms with Gasteiger partial charge in [-0.25, -0.2) is 9.78 Å². The van der Waals surface area contributed by atoms with Gasteiger partial charge in [-0.3, -0.25) is 9.69 Å². The van der Waals surface area contributed by atoms with E-state index in [0.717, 1.165) is 21.2 Å². The van der Waals surface area contributed by atoms with Crippen LogP contribution in [-0.4, -0.2) is 41.5 Å². The van der Waals surface area contributed by atoms with Gasteiger partial charge in [-0.15, -0.1) is 11.3 Å². The zero-order chi connectivity index (χ0) is 18.0. The number of urea groups is 1. The number of nitrogens with one attached hydrogen (secondary N) is 1. The Labute approximate surface area is 150 Å². The van der Waals surface area contributed by atoms with E-state index in [1.807, 2.05) is 24.3 Å². The van der Waals surface area contributed by atoms with Gasteiger partial charge in [0.25, 0.3) is 5.91 Å². The molecule has 2 aromatic rings. The highest BCUT2D eigenvalue weighted by molar-refractivity contribution is 7.13. The Kier molecular flexibility index (Phi) is 4.76. The molecular weight excluding hydrogens is 338 g/mol. The van der Waals surface area contributed by atoms with E-state index < -0.39 is 0 Å². The van der Waals surface area contributed by atoms with E-state index in [1.165, 1.54) is 0 Å². The van der Waals surface area contributed by atoms with Crippen LogP contribution in [0.5, 0.6) is 5.75 Å². The Balaban J connectivity index is 1.61. The van der Waals surface area contributed by atoms with E-state index in [0.29, 0.717) is 18.8 Å². The first-order chi connectivity index (χ1) is 11.8. The lowest BCUT2D eigenvalue weighted by Gasteiger charge is -2.14. The number of thiazole rings is 1. The first-order valence-electron chi connectivity index (χ1n) is 8.12. The van der Waals surface area contributed by atoms with Gasteiger partial charge >= 0.3 is 6.03 Å². The molecule has 25 heavy (non-hydrogen) atoms. The van der Waals surface area contributed by atoms with Gasteiger partial charge in [-0.05, 0) is 24.3 Å². The second-order valence-electron chi connectivity index (χ2n) is 6.88. The highest BCUT2D eigenvalue weighted by Gasteiger charge is 2.26. The number of amides is 3. The molecule has 0 bridgehead atoms. The third-order valence-corrected chi connectivity index (χ3v) is 4.79. The van der Waals surface area contributed by atoms with Gasteiger partial charge in [-0.2, -0.15) is 0 Å². The molecule has 0 saturated carbocycles. The zero-order valence-corrected chi connectivity index (χ0v) is 15.4. The van der Waals surface area contributed by atoms with E-state index in [-0.39, 0.29) is 24.0 Å². The number of imide groups is 1. The van der Waals surface area contributed by atoms with Crippen molar-refractivity contribution < 1.29 is 14.3 Å². The number of carbonyl (C=O) groups is 2. The monoisotopic (exact) mass is 359 g/mol. The van der Waals surface area contributed by atoms with Crippen LogP contribution in [0.15, 0.2) is 29.6 Å². The van der Waals surface area contributed by atoms with Crippen molar-refractivity contribution in [1.29, 1.82) is 0 Å². The molecule has 2 heterocycles. The number of carbonyl (C=O) groups excluding carboxylic acids is 2. The zero-order valence-electron chi connectivity index (χ0n) is 14.5. The SMILES string of the molecule is CC(C)(C)c1csc(-c2ccc(OCC(=O)N3CCNC3=O)cc2)n1. The number of aromatic nitrogens is 1. The number of rotatable bonds is 4. The lowest BCUT2D eigenvalue weighted by molar-refractivity contribution is -0.129. The minimum atomic E-state index is -0.359. The van der Waals surface area contributed by atoms with Crippen molar-refractivity contribution in [2.75, 3.05) is 19.7 Å². The normalized spacial score (nSPS) is 14.5. The quantitative estimate of drug-likeness (QED) is 0.911. The first kappa shape index (κ1) is 17.4. The number of ether oxygens (including phenoxy) is 1. The largest absolute Gasteiger partial charge is 0.484 e. The number of nitrogens with zero attached hydrogens (tertiary/aromatic N) is 2. The summed E-state index contributed by atoms with van der Waals surface area (Å²) in [5.41, 5.74) is 2.11. The molecule has 1 saturated heterocycles. The predicted molar refractivity (Wildman–Crippen MR) is 96.9 cm³/mol. The minimum absolute atomic E-state index is 0.0278. The van der Waals surface area contributed by atoms with Gasteiger partial charge in [0, 0.05) is 29.4 Å². The second kappa shape index (κ2) is 6.84. The van der Waals surface area contributed by atoms with Gasteiger partial charge in [0.05, 0.1) is 5.69 Å². The van der Waals surface area contributed by atoms with Crippen LogP contribution < -0.4 is 10.1 Å². The van der Waals surface area contributed by atoms with E-state index in [4.69, 9.17) is 4.74 Å². The van der Waals surface area contributed by atoms with Crippen molar-refractivity contribution in [2.24, 2.45) is 0 Å². The summed E-state index contributed by atoms with van der Waals surface area (Å²) in [4.78, 5) is 29.2. The minimum Gasteiger partial charge on any atom is -0.484 e. The van der Waals surface area contributed by atoms with Crippen LogP contribution in [0.4, 0.5) is 4.79 Å². The third kappa shape index (κ3) is 3.99. The molecule has 1 N–H and O–H groups in total. The summed E-state index contributed by atoms with van der Waals surface area (Å²) >= 11 is 1.61. The molecule has 1 fully saturated rings. The molecule has 0 unspecified atom stereocenters. The van der Waals surface area contributed by atoms with Crippen molar-refractivity contribution in [1.82, 2.24) is 15.2 Å². The molecule has 3 amide bonds. The topological polar surface area (TPSA) is 71.5 Å². The standard InChI is InChI=1S/C18H21N3O3S/c1-18(2,3)14-11-25-16(20-14)12-4-6-13(7-5-12)24-10-15(22)21-9-8-19-17(21)23/h4-7,11H,8-10H2,1-3H3,(H,19,23). The molecular formula is C18H21N3O3S. The molecule has 0 atom stereocenters. The summed E-state index contributed by atoms with van der Waals surface area (Å²) in [5, 5.41) is 5.63. The fourth-order valence-corrected chi connectivity index (χ4v) is 3.43. The molecule has 1 aliphatic heterocycles.